The fourth-order valence-electron chi connectivity index (χ4n) is 3.00. The van der Waals surface area contributed by atoms with Gasteiger partial charge in [0.05, 0.1) is 17.1 Å². The molecule has 30 heavy (non-hydrogen) atoms. The van der Waals surface area contributed by atoms with Crippen LogP contribution >= 0.6 is 35.6 Å². The summed E-state index contributed by atoms with van der Waals surface area (Å²) in [7, 11) is 0. The molecule has 0 aromatic carbocycles. The Labute approximate surface area is 198 Å². The highest BCUT2D eigenvalue weighted by Crippen LogP contribution is 2.34. The SMILES string of the molecule is CCNC(=NCCNC(C)(C)C)NC1CCN(c2ncc(C(F)(F)F)cc2Cl)C1.I. The Bertz CT molecular complexity index is 708. The molecule has 0 spiro atoms. The zero-order chi connectivity index (χ0) is 21.7. The Balaban J connectivity index is 0.00000450. The number of nitrogens with zero attached hydrogens (tertiary/aromatic N) is 3. The third kappa shape index (κ3) is 8.62. The molecule has 0 radical (unpaired) electrons. The highest BCUT2D eigenvalue weighted by molar-refractivity contribution is 14.0. The van der Waals surface area contributed by atoms with E-state index in [1.54, 1.807) is 0 Å². The molecule has 1 unspecified atom stereocenters. The summed E-state index contributed by atoms with van der Waals surface area (Å²) in [6.07, 6.45) is -2.82. The van der Waals surface area contributed by atoms with E-state index in [1.165, 1.54) is 0 Å². The van der Waals surface area contributed by atoms with E-state index in [-0.39, 0.29) is 40.6 Å². The molecule has 0 bridgehead atoms. The van der Waals surface area contributed by atoms with Crippen LogP contribution in [-0.2, 0) is 6.18 Å². The van der Waals surface area contributed by atoms with Crippen molar-refractivity contribution in [3.8, 4) is 0 Å². The summed E-state index contributed by atoms with van der Waals surface area (Å²) in [4.78, 5) is 10.4. The molecule has 1 atom stereocenters. The average Bonchev–Trinajstić information content (AvgIpc) is 3.05. The molecule has 0 amide bonds. The van der Waals surface area contributed by atoms with Gasteiger partial charge in [0.2, 0.25) is 0 Å². The van der Waals surface area contributed by atoms with E-state index in [0.717, 1.165) is 37.7 Å². The van der Waals surface area contributed by atoms with Crippen molar-refractivity contribution in [1.82, 2.24) is 20.9 Å². The van der Waals surface area contributed by atoms with Crippen LogP contribution in [0.2, 0.25) is 5.02 Å². The molecular formula is C19H31ClF3IN6. The predicted molar refractivity (Wildman–Crippen MR) is 127 cm³/mol. The number of hydrogen-bond acceptors (Lipinski definition) is 4. The number of hydrogen-bond donors (Lipinski definition) is 3. The quantitative estimate of drug-likeness (QED) is 0.213. The van der Waals surface area contributed by atoms with Crippen molar-refractivity contribution < 1.29 is 13.2 Å². The number of pyridine rings is 1. The van der Waals surface area contributed by atoms with Gasteiger partial charge in [0.15, 0.2) is 5.96 Å². The minimum Gasteiger partial charge on any atom is -0.357 e. The second kappa shape index (κ2) is 11.6. The zero-order valence-electron chi connectivity index (χ0n) is 17.7. The molecule has 1 saturated heterocycles. The Hall–Kier alpha value is -1.01. The van der Waals surface area contributed by atoms with Crippen LogP contribution in [0.4, 0.5) is 19.0 Å². The maximum atomic E-state index is 12.8. The van der Waals surface area contributed by atoms with Crippen LogP contribution in [0.3, 0.4) is 0 Å². The number of nitrogens with one attached hydrogen (secondary N) is 3. The minimum absolute atomic E-state index is 0. The lowest BCUT2D eigenvalue weighted by molar-refractivity contribution is -0.137. The number of aromatic nitrogens is 1. The second-order valence-corrected chi connectivity index (χ2v) is 8.45. The van der Waals surface area contributed by atoms with Crippen LogP contribution in [0.25, 0.3) is 0 Å². The monoisotopic (exact) mass is 562 g/mol. The number of guanidine groups is 1. The molecule has 1 aromatic rings. The van der Waals surface area contributed by atoms with Crippen LogP contribution in [0, 0.1) is 0 Å². The topological polar surface area (TPSA) is 64.6 Å². The van der Waals surface area contributed by atoms with E-state index >= 15 is 0 Å². The number of alkyl halides is 3. The van der Waals surface area contributed by atoms with Crippen molar-refractivity contribution >= 4 is 47.4 Å². The molecule has 3 N–H and O–H groups in total. The highest BCUT2D eigenvalue weighted by Gasteiger charge is 2.33. The first-order valence-corrected chi connectivity index (χ1v) is 10.1. The molecule has 0 saturated carbocycles. The Morgan fingerprint density at radius 3 is 2.60 bits per heavy atom. The summed E-state index contributed by atoms with van der Waals surface area (Å²) in [5, 5.41) is 10.0. The van der Waals surface area contributed by atoms with Crippen molar-refractivity contribution in [2.24, 2.45) is 4.99 Å². The molecule has 11 heteroatoms. The maximum absolute atomic E-state index is 12.8. The Kier molecular flexibility index (Phi) is 10.4. The van der Waals surface area contributed by atoms with Gasteiger partial charge in [-0.2, -0.15) is 13.2 Å². The first-order valence-electron chi connectivity index (χ1n) is 9.77. The van der Waals surface area contributed by atoms with Crippen molar-refractivity contribution in [1.29, 1.82) is 0 Å². The molecule has 0 aliphatic carbocycles. The maximum Gasteiger partial charge on any atom is 0.417 e. The molecule has 1 aromatic heterocycles. The summed E-state index contributed by atoms with van der Waals surface area (Å²) < 4.78 is 38.4. The normalized spacial score (nSPS) is 17.7. The largest absolute Gasteiger partial charge is 0.417 e. The molecule has 2 heterocycles. The highest BCUT2D eigenvalue weighted by atomic mass is 127. The van der Waals surface area contributed by atoms with E-state index in [4.69, 9.17) is 11.6 Å². The third-order valence-electron chi connectivity index (χ3n) is 4.36. The summed E-state index contributed by atoms with van der Waals surface area (Å²) in [5.74, 6) is 1.10. The average molecular weight is 563 g/mol. The van der Waals surface area contributed by atoms with E-state index in [2.05, 4.69) is 46.7 Å². The van der Waals surface area contributed by atoms with Gasteiger partial charge < -0.3 is 20.9 Å². The lowest BCUT2D eigenvalue weighted by Gasteiger charge is -2.21. The van der Waals surface area contributed by atoms with E-state index in [9.17, 15) is 13.2 Å². The van der Waals surface area contributed by atoms with Gasteiger partial charge in [0, 0.05) is 44.0 Å². The van der Waals surface area contributed by atoms with Crippen molar-refractivity contribution in [2.45, 2.75) is 51.9 Å². The van der Waals surface area contributed by atoms with Crippen LogP contribution < -0.4 is 20.9 Å². The molecule has 1 fully saturated rings. The number of aliphatic imine (C=N–C) groups is 1. The summed E-state index contributed by atoms with van der Waals surface area (Å²) >= 11 is 6.07. The van der Waals surface area contributed by atoms with Gasteiger partial charge >= 0.3 is 6.18 Å². The first kappa shape index (κ1) is 27.0. The molecule has 1 aliphatic rings. The van der Waals surface area contributed by atoms with Crippen LogP contribution in [0.15, 0.2) is 17.3 Å². The Morgan fingerprint density at radius 2 is 2.03 bits per heavy atom. The van der Waals surface area contributed by atoms with Crippen LogP contribution in [0.1, 0.15) is 39.7 Å². The molecule has 6 nitrogen and oxygen atoms in total. The van der Waals surface area contributed by atoms with Crippen molar-refractivity contribution in [3.63, 3.8) is 0 Å². The lowest BCUT2D eigenvalue weighted by Crippen LogP contribution is -2.45. The second-order valence-electron chi connectivity index (χ2n) is 8.04. The van der Waals surface area contributed by atoms with Gasteiger partial charge in [0.1, 0.15) is 5.82 Å². The number of anilines is 1. The smallest absolute Gasteiger partial charge is 0.357 e. The predicted octanol–water partition coefficient (Wildman–Crippen LogP) is 3.89. The molecule has 1 aliphatic heterocycles. The summed E-state index contributed by atoms with van der Waals surface area (Å²) in [6.45, 7) is 11.7. The third-order valence-corrected chi connectivity index (χ3v) is 4.64. The minimum atomic E-state index is -4.46. The zero-order valence-corrected chi connectivity index (χ0v) is 20.8. The van der Waals surface area contributed by atoms with E-state index in [0.29, 0.717) is 25.5 Å². The van der Waals surface area contributed by atoms with Gasteiger partial charge in [-0.05, 0) is 40.2 Å². The lowest BCUT2D eigenvalue weighted by atomic mass is 10.1. The van der Waals surface area contributed by atoms with Gasteiger partial charge in [-0.3, -0.25) is 4.99 Å². The fourth-order valence-corrected chi connectivity index (χ4v) is 3.29. The molecular weight excluding hydrogens is 532 g/mol. The van der Waals surface area contributed by atoms with Crippen LogP contribution in [0.5, 0.6) is 0 Å². The first-order chi connectivity index (χ1) is 13.5. The van der Waals surface area contributed by atoms with E-state index in [1.807, 2.05) is 11.8 Å². The van der Waals surface area contributed by atoms with Gasteiger partial charge in [0.25, 0.3) is 0 Å². The molecule has 172 valence electrons. The Morgan fingerprint density at radius 1 is 1.33 bits per heavy atom. The van der Waals surface area contributed by atoms with Crippen molar-refractivity contribution in [3.05, 3.63) is 22.8 Å². The molecule has 2 rings (SSSR count). The number of rotatable bonds is 6. The standard InChI is InChI=1S/C19H30ClF3N6.HI/c1-5-24-17(25-7-8-27-18(2,3)4)28-14-6-9-29(12-14)16-15(20)10-13(11-26-16)19(21,22)23;/h10-11,14,27H,5-9,12H2,1-4H3,(H2,24,25,28);1H. The summed E-state index contributed by atoms with van der Waals surface area (Å²) in [5.41, 5.74) is -0.799. The van der Waals surface area contributed by atoms with Gasteiger partial charge in [-0.15, -0.1) is 24.0 Å². The summed E-state index contributed by atoms with van der Waals surface area (Å²) in [6, 6.07) is 1.03. The van der Waals surface area contributed by atoms with Crippen molar-refractivity contribution in [2.75, 3.05) is 37.6 Å². The van der Waals surface area contributed by atoms with Crippen LogP contribution in [-0.4, -0.2) is 55.2 Å². The number of halogens is 5. The fraction of sp³-hybridized carbons (Fsp3) is 0.684. The van der Waals surface area contributed by atoms with Gasteiger partial charge in [-0.1, -0.05) is 11.6 Å². The van der Waals surface area contributed by atoms with Gasteiger partial charge in [-0.25, -0.2) is 4.98 Å². The van der Waals surface area contributed by atoms with E-state index < -0.39 is 11.7 Å².